The van der Waals surface area contributed by atoms with E-state index in [-0.39, 0.29) is 12.1 Å². The van der Waals surface area contributed by atoms with Crippen LogP contribution in [0.4, 0.5) is 0 Å². The van der Waals surface area contributed by atoms with Crippen molar-refractivity contribution in [1.82, 2.24) is 0 Å². The summed E-state index contributed by atoms with van der Waals surface area (Å²) in [5.74, 6) is 0. The molecule has 1 aliphatic carbocycles. The molecule has 0 aromatic heterocycles. The van der Waals surface area contributed by atoms with Gasteiger partial charge in [-0.3, -0.25) is 0 Å². The van der Waals surface area contributed by atoms with E-state index >= 15 is 0 Å². The fourth-order valence-electron chi connectivity index (χ4n) is 2.25. The molecule has 2 atom stereocenters. The maximum Gasteiger partial charge on any atom is 0.0192 e. The third kappa shape index (κ3) is 4.97. The highest BCUT2D eigenvalue weighted by molar-refractivity contribution is 4.76. The summed E-state index contributed by atoms with van der Waals surface area (Å²) < 4.78 is 0. The lowest BCUT2D eigenvalue weighted by atomic mass is 9.95. The van der Waals surface area contributed by atoms with Gasteiger partial charge in [-0.15, -0.1) is 0 Å². The van der Waals surface area contributed by atoms with Crippen molar-refractivity contribution in [3.63, 3.8) is 0 Å². The van der Waals surface area contributed by atoms with Crippen LogP contribution in [-0.4, -0.2) is 12.1 Å². The van der Waals surface area contributed by atoms with E-state index in [0.29, 0.717) is 0 Å². The normalized spacial score (nSPS) is 33.0. The van der Waals surface area contributed by atoms with E-state index < -0.39 is 0 Å². The molecule has 2 heteroatoms. The topological polar surface area (TPSA) is 52.0 Å². The second kappa shape index (κ2) is 7.24. The van der Waals surface area contributed by atoms with Crippen molar-refractivity contribution in [3.8, 4) is 0 Å². The molecule has 0 aromatic rings. The van der Waals surface area contributed by atoms with E-state index in [0.717, 1.165) is 12.8 Å². The molecule has 0 aromatic carbocycles. The lowest BCUT2D eigenvalue weighted by molar-refractivity contribution is 0.419. The molecule has 0 aliphatic heterocycles. The molecular formula is C12H26N2. The number of nitrogens with two attached hydrogens (primary N) is 2. The van der Waals surface area contributed by atoms with Gasteiger partial charge in [0.05, 0.1) is 0 Å². The Labute approximate surface area is 88.4 Å². The molecule has 0 heterocycles. The van der Waals surface area contributed by atoms with E-state index in [2.05, 4.69) is 0 Å². The van der Waals surface area contributed by atoms with Gasteiger partial charge in [0.25, 0.3) is 0 Å². The Morgan fingerprint density at radius 3 is 1.14 bits per heavy atom. The van der Waals surface area contributed by atoms with Crippen LogP contribution in [0.5, 0.6) is 0 Å². The largest absolute Gasteiger partial charge is 0.326 e. The molecule has 0 unspecified atom stereocenters. The van der Waals surface area contributed by atoms with Crippen molar-refractivity contribution in [2.45, 2.75) is 76.3 Å². The van der Waals surface area contributed by atoms with Crippen molar-refractivity contribution in [2.24, 2.45) is 11.5 Å². The third-order valence-electron chi connectivity index (χ3n) is 3.37. The Bertz CT molecular complexity index is 120. The summed E-state index contributed by atoms with van der Waals surface area (Å²) in [6, 6.07) is 0.490. The molecule has 84 valence electrons. The van der Waals surface area contributed by atoms with Crippen LogP contribution in [0.1, 0.15) is 64.2 Å². The monoisotopic (exact) mass is 198 g/mol. The molecule has 4 N–H and O–H groups in total. The van der Waals surface area contributed by atoms with Gasteiger partial charge < -0.3 is 11.5 Å². The first-order chi connectivity index (χ1) is 6.80. The smallest absolute Gasteiger partial charge is 0.0192 e. The Morgan fingerprint density at radius 2 is 0.786 bits per heavy atom. The third-order valence-corrected chi connectivity index (χ3v) is 3.37. The maximum absolute atomic E-state index is 6.03. The first-order valence-corrected chi connectivity index (χ1v) is 6.32. The Morgan fingerprint density at radius 1 is 0.500 bits per heavy atom. The zero-order valence-electron chi connectivity index (χ0n) is 9.38. The van der Waals surface area contributed by atoms with Gasteiger partial charge in [0.1, 0.15) is 0 Å². The second-order valence-corrected chi connectivity index (χ2v) is 4.73. The van der Waals surface area contributed by atoms with Crippen LogP contribution < -0.4 is 11.5 Å². The van der Waals surface area contributed by atoms with Gasteiger partial charge >= 0.3 is 0 Å². The predicted octanol–water partition coefficient (Wildman–Crippen LogP) is 2.56. The van der Waals surface area contributed by atoms with Crippen LogP contribution in [-0.2, 0) is 0 Å². The average molecular weight is 198 g/mol. The summed E-state index contributed by atoms with van der Waals surface area (Å²) in [6.07, 6.45) is 13.1. The molecule has 0 radical (unpaired) electrons. The molecule has 1 aliphatic rings. The van der Waals surface area contributed by atoms with Crippen LogP contribution in [0.25, 0.3) is 0 Å². The second-order valence-electron chi connectivity index (χ2n) is 4.73. The summed E-state index contributed by atoms with van der Waals surface area (Å²) in [7, 11) is 0. The van der Waals surface area contributed by atoms with Crippen molar-refractivity contribution >= 4 is 0 Å². The van der Waals surface area contributed by atoms with E-state index in [1.54, 1.807) is 0 Å². The summed E-state index contributed by atoms with van der Waals surface area (Å²) in [5.41, 5.74) is 12.1. The van der Waals surface area contributed by atoms with E-state index in [1.165, 1.54) is 51.4 Å². The fourth-order valence-corrected chi connectivity index (χ4v) is 2.25. The molecule has 1 rings (SSSR count). The molecular weight excluding hydrogens is 172 g/mol. The van der Waals surface area contributed by atoms with Crippen molar-refractivity contribution in [1.29, 1.82) is 0 Å². The van der Waals surface area contributed by atoms with Gasteiger partial charge in [0.2, 0.25) is 0 Å². The molecule has 0 spiro atoms. The lowest BCUT2D eigenvalue weighted by Crippen LogP contribution is -2.41. The minimum absolute atomic E-state index is 0.245. The van der Waals surface area contributed by atoms with Crippen molar-refractivity contribution < 1.29 is 0 Å². The van der Waals surface area contributed by atoms with Crippen LogP contribution in [0, 0.1) is 0 Å². The first-order valence-electron chi connectivity index (χ1n) is 6.32. The van der Waals surface area contributed by atoms with Gasteiger partial charge in [-0.05, 0) is 12.8 Å². The minimum Gasteiger partial charge on any atom is -0.326 e. The van der Waals surface area contributed by atoms with E-state index in [9.17, 15) is 0 Å². The zero-order valence-corrected chi connectivity index (χ0v) is 9.38. The molecule has 0 amide bonds. The molecule has 1 fully saturated rings. The highest BCUT2D eigenvalue weighted by atomic mass is 14.8. The molecule has 2 nitrogen and oxygen atoms in total. The molecule has 14 heavy (non-hydrogen) atoms. The fraction of sp³-hybridized carbons (Fsp3) is 1.00. The predicted molar refractivity (Wildman–Crippen MR) is 62.1 cm³/mol. The van der Waals surface area contributed by atoms with Crippen LogP contribution in [0.15, 0.2) is 0 Å². The first kappa shape index (κ1) is 12.0. The Kier molecular flexibility index (Phi) is 6.20. The highest BCUT2D eigenvalue weighted by Crippen LogP contribution is 2.15. The van der Waals surface area contributed by atoms with Crippen molar-refractivity contribution in [2.75, 3.05) is 0 Å². The molecule has 0 bridgehead atoms. The van der Waals surface area contributed by atoms with Crippen molar-refractivity contribution in [3.05, 3.63) is 0 Å². The summed E-state index contributed by atoms with van der Waals surface area (Å²) in [4.78, 5) is 0. The van der Waals surface area contributed by atoms with Gasteiger partial charge in [-0.2, -0.15) is 0 Å². The summed E-state index contributed by atoms with van der Waals surface area (Å²) in [5, 5.41) is 0. The Hall–Kier alpha value is -0.0800. The quantitative estimate of drug-likeness (QED) is 0.628. The highest BCUT2D eigenvalue weighted by Gasteiger charge is 2.12. The van der Waals surface area contributed by atoms with Crippen LogP contribution >= 0.6 is 0 Å². The zero-order chi connectivity index (χ0) is 10.2. The molecule has 0 saturated heterocycles. The molecule has 1 saturated carbocycles. The minimum atomic E-state index is 0.245. The average Bonchev–Trinajstić information content (AvgIpc) is 2.18. The lowest BCUT2D eigenvalue weighted by Gasteiger charge is -2.20. The number of hydrogen-bond acceptors (Lipinski definition) is 2. The van der Waals surface area contributed by atoms with Gasteiger partial charge in [0, 0.05) is 12.1 Å². The van der Waals surface area contributed by atoms with Crippen LogP contribution in [0.3, 0.4) is 0 Å². The van der Waals surface area contributed by atoms with Crippen LogP contribution in [0.2, 0.25) is 0 Å². The van der Waals surface area contributed by atoms with Gasteiger partial charge in [-0.25, -0.2) is 0 Å². The Balaban J connectivity index is 2.23. The maximum atomic E-state index is 6.03. The van der Waals surface area contributed by atoms with Gasteiger partial charge in [0.15, 0.2) is 0 Å². The van der Waals surface area contributed by atoms with E-state index in [4.69, 9.17) is 11.5 Å². The summed E-state index contributed by atoms with van der Waals surface area (Å²) in [6.45, 7) is 0. The SMILES string of the molecule is N[C@H]1CCCCCCCCCC[C@@H]1N. The summed E-state index contributed by atoms with van der Waals surface area (Å²) >= 11 is 0. The van der Waals surface area contributed by atoms with Gasteiger partial charge in [-0.1, -0.05) is 51.4 Å². The standard InChI is InChI=1S/C12H26N2/c13-11-9-7-5-3-1-2-4-6-8-10-12(11)14/h11-12H,1-10,13-14H2/t11-,12-/m0/s1. The number of hydrogen-bond donors (Lipinski definition) is 2. The number of rotatable bonds is 0. The van der Waals surface area contributed by atoms with E-state index in [1.807, 2.05) is 0 Å².